The van der Waals surface area contributed by atoms with E-state index < -0.39 is 5.97 Å². The van der Waals surface area contributed by atoms with Gasteiger partial charge in [0, 0.05) is 18.9 Å². The van der Waals surface area contributed by atoms with Crippen molar-refractivity contribution in [1.82, 2.24) is 0 Å². The maximum Gasteiger partial charge on any atom is 0.338 e. The van der Waals surface area contributed by atoms with Crippen LogP contribution in [-0.2, 0) is 9.47 Å². The third-order valence-electron chi connectivity index (χ3n) is 2.11. The summed E-state index contributed by atoms with van der Waals surface area (Å²) < 4.78 is 15.1. The summed E-state index contributed by atoms with van der Waals surface area (Å²) in [6, 6.07) is 4.76. The molecule has 0 aliphatic rings. The van der Waals surface area contributed by atoms with Gasteiger partial charge in [0.2, 0.25) is 0 Å². The van der Waals surface area contributed by atoms with Crippen LogP contribution in [0.5, 0.6) is 5.75 Å². The van der Waals surface area contributed by atoms with Gasteiger partial charge >= 0.3 is 5.97 Å². The highest BCUT2D eigenvalue weighted by molar-refractivity contribution is 5.91. The third-order valence-corrected chi connectivity index (χ3v) is 2.11. The lowest BCUT2D eigenvalue weighted by Gasteiger charge is -2.12. The van der Waals surface area contributed by atoms with Gasteiger partial charge in [-0.15, -0.1) is 0 Å². The Labute approximate surface area is 100 Å². The highest BCUT2D eigenvalue weighted by Gasteiger charge is 2.13. The molecule has 1 aromatic carbocycles. The van der Waals surface area contributed by atoms with Crippen molar-refractivity contribution in [3.05, 3.63) is 23.8 Å². The molecule has 1 aromatic rings. The molecular formula is C12H17NO4. The number of benzene rings is 1. The molecule has 5 heteroatoms. The molecule has 0 radical (unpaired) electrons. The summed E-state index contributed by atoms with van der Waals surface area (Å²) in [4.78, 5) is 11.8. The first-order chi connectivity index (χ1) is 8.06. The Balaban J connectivity index is 2.78. The average molecular weight is 239 g/mol. The number of hydrogen-bond acceptors (Lipinski definition) is 5. The second-order valence-corrected chi connectivity index (χ2v) is 3.67. The summed E-state index contributed by atoms with van der Waals surface area (Å²) in [5.74, 6) is 0.0801. The van der Waals surface area contributed by atoms with Crippen LogP contribution in [0.1, 0.15) is 17.3 Å². The average Bonchev–Trinajstić information content (AvgIpc) is 2.28. The molecule has 0 aliphatic carbocycles. The van der Waals surface area contributed by atoms with E-state index in [1.54, 1.807) is 32.2 Å². The molecule has 1 atom stereocenters. The number of hydrogen-bond donors (Lipinski definition) is 1. The lowest BCUT2D eigenvalue weighted by atomic mass is 10.2. The highest BCUT2D eigenvalue weighted by Crippen LogP contribution is 2.19. The summed E-state index contributed by atoms with van der Waals surface area (Å²) >= 11 is 0. The van der Waals surface area contributed by atoms with Crippen molar-refractivity contribution >= 4 is 11.7 Å². The maximum absolute atomic E-state index is 11.8. The number of methoxy groups -OCH3 is 2. The van der Waals surface area contributed by atoms with Crippen LogP contribution in [-0.4, -0.2) is 32.9 Å². The Kier molecular flexibility index (Phi) is 4.78. The number of esters is 1. The van der Waals surface area contributed by atoms with Crippen LogP contribution in [0.15, 0.2) is 18.2 Å². The number of anilines is 1. The van der Waals surface area contributed by atoms with E-state index in [4.69, 9.17) is 19.9 Å². The Hall–Kier alpha value is -1.75. The molecule has 0 aromatic heterocycles. The summed E-state index contributed by atoms with van der Waals surface area (Å²) in [5, 5.41) is 0. The van der Waals surface area contributed by atoms with Crippen molar-refractivity contribution in [3.8, 4) is 5.75 Å². The molecule has 94 valence electrons. The van der Waals surface area contributed by atoms with E-state index in [1.807, 2.05) is 0 Å². The van der Waals surface area contributed by atoms with Crippen LogP contribution >= 0.6 is 0 Å². The van der Waals surface area contributed by atoms with Gasteiger partial charge in [-0.25, -0.2) is 4.79 Å². The van der Waals surface area contributed by atoms with Crippen LogP contribution in [0.25, 0.3) is 0 Å². The topological polar surface area (TPSA) is 70.8 Å². The molecule has 0 bridgehead atoms. The van der Waals surface area contributed by atoms with E-state index >= 15 is 0 Å². The largest absolute Gasteiger partial charge is 0.497 e. The van der Waals surface area contributed by atoms with Gasteiger partial charge in [0.15, 0.2) is 0 Å². The zero-order chi connectivity index (χ0) is 12.8. The Bertz CT molecular complexity index is 392. The zero-order valence-electron chi connectivity index (χ0n) is 10.2. The number of nitrogens with two attached hydrogens (primary N) is 1. The van der Waals surface area contributed by atoms with Gasteiger partial charge in [0.05, 0.1) is 19.3 Å². The van der Waals surface area contributed by atoms with Crippen LogP contribution in [0.3, 0.4) is 0 Å². The highest BCUT2D eigenvalue weighted by atomic mass is 16.6. The normalized spacial score (nSPS) is 11.9. The number of rotatable bonds is 5. The second kappa shape index (κ2) is 6.10. The van der Waals surface area contributed by atoms with Crippen molar-refractivity contribution in [3.63, 3.8) is 0 Å². The van der Waals surface area contributed by atoms with Gasteiger partial charge in [-0.05, 0) is 19.1 Å². The van der Waals surface area contributed by atoms with Gasteiger partial charge in [0.1, 0.15) is 11.9 Å². The molecule has 17 heavy (non-hydrogen) atoms. The van der Waals surface area contributed by atoms with Crippen molar-refractivity contribution in [2.45, 2.75) is 13.0 Å². The lowest BCUT2D eigenvalue weighted by molar-refractivity contribution is 0.0120. The summed E-state index contributed by atoms with van der Waals surface area (Å²) in [7, 11) is 3.06. The monoisotopic (exact) mass is 239 g/mol. The zero-order valence-corrected chi connectivity index (χ0v) is 10.2. The smallest absolute Gasteiger partial charge is 0.338 e. The first kappa shape index (κ1) is 13.3. The van der Waals surface area contributed by atoms with E-state index in [-0.39, 0.29) is 6.10 Å². The van der Waals surface area contributed by atoms with Crippen molar-refractivity contribution in [2.75, 3.05) is 26.6 Å². The SMILES string of the molecule is COCC(C)OC(=O)c1cc(N)cc(OC)c1. The molecule has 2 N–H and O–H groups in total. The molecule has 0 saturated carbocycles. The molecule has 5 nitrogen and oxygen atoms in total. The molecule has 0 fully saturated rings. The third kappa shape index (κ3) is 3.96. The number of carbonyl (C=O) groups excluding carboxylic acids is 1. The number of carbonyl (C=O) groups is 1. The van der Waals surface area contributed by atoms with Gasteiger partial charge in [0.25, 0.3) is 0 Å². The van der Waals surface area contributed by atoms with Crippen molar-refractivity contribution < 1.29 is 19.0 Å². The molecule has 0 aliphatic heterocycles. The first-order valence-corrected chi connectivity index (χ1v) is 5.21. The predicted octanol–water partition coefficient (Wildman–Crippen LogP) is 1.47. The van der Waals surface area contributed by atoms with E-state index in [0.29, 0.717) is 23.6 Å². The second-order valence-electron chi connectivity index (χ2n) is 3.67. The van der Waals surface area contributed by atoms with Gasteiger partial charge in [-0.1, -0.05) is 0 Å². The number of ether oxygens (including phenoxy) is 3. The van der Waals surface area contributed by atoms with Crippen LogP contribution in [0, 0.1) is 0 Å². The standard InChI is InChI=1S/C12H17NO4/c1-8(7-15-2)17-12(14)9-4-10(13)6-11(5-9)16-3/h4-6,8H,7,13H2,1-3H3. The molecule has 0 spiro atoms. The predicted molar refractivity (Wildman–Crippen MR) is 64.2 cm³/mol. The van der Waals surface area contributed by atoms with Crippen molar-refractivity contribution in [1.29, 1.82) is 0 Å². The van der Waals surface area contributed by atoms with Gasteiger partial charge in [-0.2, -0.15) is 0 Å². The molecule has 0 heterocycles. The van der Waals surface area contributed by atoms with Gasteiger partial charge < -0.3 is 19.9 Å². The Morgan fingerprint density at radius 1 is 1.35 bits per heavy atom. The first-order valence-electron chi connectivity index (χ1n) is 5.21. The van der Waals surface area contributed by atoms with E-state index in [0.717, 1.165) is 0 Å². The molecule has 1 rings (SSSR count). The summed E-state index contributed by atoms with van der Waals surface area (Å²) in [5.41, 5.74) is 6.47. The summed E-state index contributed by atoms with van der Waals surface area (Å²) in [6.45, 7) is 2.11. The quantitative estimate of drug-likeness (QED) is 0.622. The van der Waals surface area contributed by atoms with Crippen LogP contribution in [0.2, 0.25) is 0 Å². The Morgan fingerprint density at radius 3 is 2.65 bits per heavy atom. The van der Waals surface area contributed by atoms with Gasteiger partial charge in [-0.3, -0.25) is 0 Å². The van der Waals surface area contributed by atoms with E-state index in [1.165, 1.54) is 7.11 Å². The fourth-order valence-corrected chi connectivity index (χ4v) is 1.38. The summed E-state index contributed by atoms with van der Waals surface area (Å²) in [6.07, 6.45) is -0.306. The van der Waals surface area contributed by atoms with E-state index in [2.05, 4.69) is 0 Å². The van der Waals surface area contributed by atoms with Crippen LogP contribution < -0.4 is 10.5 Å². The molecular weight excluding hydrogens is 222 g/mol. The lowest BCUT2D eigenvalue weighted by Crippen LogP contribution is -2.19. The van der Waals surface area contributed by atoms with E-state index in [9.17, 15) is 4.79 Å². The maximum atomic E-state index is 11.8. The molecule has 0 amide bonds. The van der Waals surface area contributed by atoms with Crippen LogP contribution in [0.4, 0.5) is 5.69 Å². The minimum Gasteiger partial charge on any atom is -0.497 e. The van der Waals surface area contributed by atoms with Crippen molar-refractivity contribution in [2.24, 2.45) is 0 Å². The fraction of sp³-hybridized carbons (Fsp3) is 0.417. The molecule has 1 unspecified atom stereocenters. The Morgan fingerprint density at radius 2 is 2.06 bits per heavy atom. The minimum atomic E-state index is -0.444. The fourth-order valence-electron chi connectivity index (χ4n) is 1.38. The number of nitrogen functional groups attached to an aromatic ring is 1. The molecule has 0 saturated heterocycles. The minimum absolute atomic E-state index is 0.306.